The number of pyridine rings is 1. The molecule has 0 fully saturated rings. The zero-order valence-corrected chi connectivity index (χ0v) is 9.84. The average molecular weight is 233 g/mol. The zero-order chi connectivity index (χ0) is 12.3. The molecule has 2 rings (SSSR count). The highest BCUT2D eigenvalue weighted by Crippen LogP contribution is 2.02. The molecule has 1 atom stereocenters. The van der Waals surface area contributed by atoms with Crippen LogP contribution in [0, 0.1) is 0 Å². The van der Waals surface area contributed by atoms with Crippen molar-refractivity contribution in [3.8, 4) is 0 Å². The highest BCUT2D eigenvalue weighted by atomic mass is 16.2. The van der Waals surface area contributed by atoms with Crippen molar-refractivity contribution in [2.45, 2.75) is 19.5 Å². The van der Waals surface area contributed by atoms with E-state index in [9.17, 15) is 4.79 Å². The average Bonchev–Trinajstić information content (AvgIpc) is 2.78. The van der Waals surface area contributed by atoms with E-state index < -0.39 is 0 Å². The maximum Gasteiger partial charge on any atom is 0.237 e. The summed E-state index contributed by atoms with van der Waals surface area (Å²) in [6.45, 7) is 2.17. The van der Waals surface area contributed by atoms with Gasteiger partial charge >= 0.3 is 0 Å². The van der Waals surface area contributed by atoms with Gasteiger partial charge in [-0.15, -0.1) is 10.2 Å². The molecular weight excluding hydrogens is 218 g/mol. The number of aromatic nitrogens is 3. The highest BCUT2D eigenvalue weighted by molar-refractivity contribution is 5.81. The van der Waals surface area contributed by atoms with Crippen molar-refractivity contribution < 1.29 is 4.79 Å². The number of nitrogens with one attached hydrogen (secondary N) is 2. The van der Waals surface area contributed by atoms with E-state index in [2.05, 4.69) is 20.8 Å². The number of hydrogen-bond acceptors (Lipinski definition) is 4. The number of carbonyl (C=O) groups excluding carboxylic acids is 1. The molecular formula is C11H15N5O. The van der Waals surface area contributed by atoms with E-state index in [1.54, 1.807) is 14.0 Å². The Hall–Kier alpha value is -1.95. The smallest absolute Gasteiger partial charge is 0.237 e. The van der Waals surface area contributed by atoms with Crippen LogP contribution in [0.4, 0.5) is 0 Å². The second-order valence-electron chi connectivity index (χ2n) is 3.77. The molecule has 2 N–H and O–H groups in total. The van der Waals surface area contributed by atoms with Gasteiger partial charge in [0.15, 0.2) is 11.5 Å². The molecule has 0 radical (unpaired) electrons. The lowest BCUT2D eigenvalue weighted by molar-refractivity contribution is -0.122. The van der Waals surface area contributed by atoms with E-state index in [1.807, 2.05) is 28.8 Å². The number of likely N-dealkylation sites (N-methyl/N-ethyl adjacent to an activating group) is 1. The third-order valence-electron chi connectivity index (χ3n) is 2.63. The van der Waals surface area contributed by atoms with Crippen molar-refractivity contribution in [2.24, 2.45) is 0 Å². The van der Waals surface area contributed by atoms with Crippen molar-refractivity contribution in [1.29, 1.82) is 0 Å². The molecule has 6 nitrogen and oxygen atoms in total. The Morgan fingerprint density at radius 3 is 3.06 bits per heavy atom. The van der Waals surface area contributed by atoms with E-state index in [1.165, 1.54) is 0 Å². The summed E-state index contributed by atoms with van der Waals surface area (Å²) in [5.74, 6) is 0.664. The first-order valence-corrected chi connectivity index (χ1v) is 5.46. The van der Waals surface area contributed by atoms with E-state index in [-0.39, 0.29) is 11.9 Å². The van der Waals surface area contributed by atoms with E-state index in [4.69, 9.17) is 0 Å². The van der Waals surface area contributed by atoms with Crippen LogP contribution in [0.25, 0.3) is 5.65 Å². The summed E-state index contributed by atoms with van der Waals surface area (Å²) in [5.41, 5.74) is 0.776. The number of hydrogen-bond donors (Lipinski definition) is 2. The summed E-state index contributed by atoms with van der Waals surface area (Å²) in [5, 5.41) is 13.7. The summed E-state index contributed by atoms with van der Waals surface area (Å²) in [6, 6.07) is 5.45. The standard InChI is InChI=1S/C11H15N5O/c1-8(12-2)11(17)13-7-10-15-14-9-5-3-4-6-16(9)10/h3-6,8,12H,7H2,1-2H3,(H,13,17). The Bertz CT molecular complexity index is 521. The van der Waals surface area contributed by atoms with Crippen LogP contribution in [0.2, 0.25) is 0 Å². The van der Waals surface area contributed by atoms with Gasteiger partial charge in [0.25, 0.3) is 0 Å². The fourth-order valence-corrected chi connectivity index (χ4v) is 1.46. The SMILES string of the molecule is CNC(C)C(=O)NCc1nnc2ccccn12. The van der Waals surface area contributed by atoms with E-state index >= 15 is 0 Å². The molecule has 0 bridgehead atoms. The molecule has 0 aromatic carbocycles. The lowest BCUT2D eigenvalue weighted by atomic mass is 10.3. The van der Waals surface area contributed by atoms with Gasteiger partial charge in [-0.25, -0.2) is 0 Å². The van der Waals surface area contributed by atoms with Crippen LogP contribution >= 0.6 is 0 Å². The van der Waals surface area contributed by atoms with Crippen molar-refractivity contribution in [1.82, 2.24) is 25.2 Å². The van der Waals surface area contributed by atoms with Crippen LogP contribution in [-0.4, -0.2) is 33.6 Å². The van der Waals surface area contributed by atoms with Crippen molar-refractivity contribution in [3.63, 3.8) is 0 Å². The number of rotatable bonds is 4. The van der Waals surface area contributed by atoms with Gasteiger partial charge in [-0.2, -0.15) is 0 Å². The maximum atomic E-state index is 11.6. The first-order valence-electron chi connectivity index (χ1n) is 5.46. The Balaban J connectivity index is 2.07. The normalized spacial score (nSPS) is 12.6. The number of nitrogens with zero attached hydrogens (tertiary/aromatic N) is 3. The van der Waals surface area contributed by atoms with Gasteiger partial charge in [0.05, 0.1) is 12.6 Å². The molecule has 2 aromatic rings. The number of fused-ring (bicyclic) bond motifs is 1. The van der Waals surface area contributed by atoms with Crippen molar-refractivity contribution in [2.75, 3.05) is 7.05 Å². The molecule has 0 saturated carbocycles. The van der Waals surface area contributed by atoms with Gasteiger partial charge in [-0.3, -0.25) is 9.20 Å². The molecule has 17 heavy (non-hydrogen) atoms. The van der Waals surface area contributed by atoms with Gasteiger partial charge in [0.2, 0.25) is 5.91 Å². The third-order valence-corrected chi connectivity index (χ3v) is 2.63. The third kappa shape index (κ3) is 2.42. The Labute approximate surface area is 99.0 Å². The summed E-state index contributed by atoms with van der Waals surface area (Å²) in [7, 11) is 1.75. The van der Waals surface area contributed by atoms with Gasteiger partial charge in [-0.1, -0.05) is 6.07 Å². The fourth-order valence-electron chi connectivity index (χ4n) is 1.46. The molecule has 0 aliphatic rings. The Morgan fingerprint density at radius 1 is 1.47 bits per heavy atom. The van der Waals surface area contributed by atoms with Crippen LogP contribution in [0.3, 0.4) is 0 Å². The van der Waals surface area contributed by atoms with Crippen LogP contribution < -0.4 is 10.6 Å². The molecule has 6 heteroatoms. The second kappa shape index (κ2) is 4.92. The minimum absolute atomic E-state index is 0.0554. The minimum atomic E-state index is -0.214. The molecule has 0 spiro atoms. The van der Waals surface area contributed by atoms with E-state index in [0.29, 0.717) is 6.54 Å². The minimum Gasteiger partial charge on any atom is -0.347 e. The number of carbonyl (C=O) groups is 1. The summed E-state index contributed by atoms with van der Waals surface area (Å²) in [4.78, 5) is 11.6. The fraction of sp³-hybridized carbons (Fsp3) is 0.364. The Kier molecular flexibility index (Phi) is 3.34. The molecule has 0 aliphatic carbocycles. The second-order valence-corrected chi connectivity index (χ2v) is 3.77. The number of amides is 1. The molecule has 0 aliphatic heterocycles. The largest absolute Gasteiger partial charge is 0.347 e. The molecule has 2 aromatic heterocycles. The highest BCUT2D eigenvalue weighted by Gasteiger charge is 2.11. The Morgan fingerprint density at radius 2 is 2.29 bits per heavy atom. The monoisotopic (exact) mass is 233 g/mol. The predicted molar refractivity (Wildman–Crippen MR) is 63.4 cm³/mol. The van der Waals surface area contributed by atoms with Crippen LogP contribution in [-0.2, 0) is 11.3 Å². The van der Waals surface area contributed by atoms with Gasteiger partial charge in [0.1, 0.15) is 0 Å². The lowest BCUT2D eigenvalue weighted by Crippen LogP contribution is -2.40. The topological polar surface area (TPSA) is 71.3 Å². The van der Waals surface area contributed by atoms with E-state index in [0.717, 1.165) is 11.5 Å². The summed E-state index contributed by atoms with van der Waals surface area (Å²) in [6.07, 6.45) is 1.87. The maximum absolute atomic E-state index is 11.6. The summed E-state index contributed by atoms with van der Waals surface area (Å²) < 4.78 is 1.85. The molecule has 0 saturated heterocycles. The van der Waals surface area contributed by atoms with Gasteiger partial charge < -0.3 is 10.6 Å². The molecule has 2 heterocycles. The zero-order valence-electron chi connectivity index (χ0n) is 9.84. The van der Waals surface area contributed by atoms with Crippen molar-refractivity contribution in [3.05, 3.63) is 30.2 Å². The quantitative estimate of drug-likeness (QED) is 0.777. The molecule has 1 unspecified atom stereocenters. The molecule has 1 amide bonds. The van der Waals surface area contributed by atoms with Crippen LogP contribution in [0.15, 0.2) is 24.4 Å². The lowest BCUT2D eigenvalue weighted by Gasteiger charge is -2.09. The predicted octanol–water partition coefficient (Wildman–Crippen LogP) is -0.0466. The molecule has 90 valence electrons. The summed E-state index contributed by atoms with van der Waals surface area (Å²) >= 11 is 0. The van der Waals surface area contributed by atoms with Gasteiger partial charge in [-0.05, 0) is 26.1 Å². The van der Waals surface area contributed by atoms with Gasteiger partial charge in [0, 0.05) is 6.20 Å². The van der Waals surface area contributed by atoms with Crippen LogP contribution in [0.1, 0.15) is 12.7 Å². The first-order chi connectivity index (χ1) is 8.22. The van der Waals surface area contributed by atoms with Crippen molar-refractivity contribution >= 4 is 11.6 Å². The van der Waals surface area contributed by atoms with Crippen LogP contribution in [0.5, 0.6) is 0 Å². The first kappa shape index (κ1) is 11.5.